The van der Waals surface area contributed by atoms with Crippen molar-refractivity contribution >= 4 is 28.9 Å². The molecule has 1 saturated heterocycles. The molecular weight excluding hydrogens is 252 g/mol. The molecule has 4 heteroatoms. The lowest BCUT2D eigenvalue weighted by Crippen LogP contribution is -2.30. The van der Waals surface area contributed by atoms with E-state index in [4.69, 9.17) is 23.8 Å². The van der Waals surface area contributed by atoms with Crippen molar-refractivity contribution in [1.29, 1.82) is 0 Å². The number of nitrogens with zero attached hydrogens (tertiary/aromatic N) is 1. The van der Waals surface area contributed by atoms with Gasteiger partial charge in [-0.25, -0.2) is 0 Å². The Balaban J connectivity index is 2.19. The first-order valence-corrected chi connectivity index (χ1v) is 6.81. The summed E-state index contributed by atoms with van der Waals surface area (Å²) < 4.78 is 0. The third-order valence-corrected chi connectivity index (χ3v) is 3.82. The molecule has 1 atom stereocenters. The number of hydrogen-bond donors (Lipinski definition) is 1. The maximum atomic E-state index is 6.25. The largest absolute Gasteiger partial charge is 0.360 e. The molecule has 0 amide bonds. The van der Waals surface area contributed by atoms with Crippen molar-refractivity contribution in [2.45, 2.75) is 25.8 Å². The molecule has 0 bridgehead atoms. The molecule has 0 spiro atoms. The van der Waals surface area contributed by atoms with Gasteiger partial charge in [0.1, 0.15) is 0 Å². The van der Waals surface area contributed by atoms with Crippen LogP contribution in [-0.2, 0) is 0 Å². The molecule has 0 saturated carbocycles. The first kappa shape index (κ1) is 12.7. The third-order valence-electron chi connectivity index (χ3n) is 3.10. The zero-order chi connectivity index (χ0) is 12.3. The van der Waals surface area contributed by atoms with E-state index in [1.807, 2.05) is 18.2 Å². The van der Waals surface area contributed by atoms with Crippen LogP contribution < -0.4 is 5.32 Å². The number of rotatable bonds is 4. The highest BCUT2D eigenvalue weighted by atomic mass is 35.5. The van der Waals surface area contributed by atoms with E-state index >= 15 is 0 Å². The average molecular weight is 269 g/mol. The summed E-state index contributed by atoms with van der Waals surface area (Å²) in [4.78, 5) is 2.25. The molecule has 1 N–H and O–H groups in total. The van der Waals surface area contributed by atoms with Crippen LogP contribution in [0.1, 0.15) is 31.4 Å². The first-order chi connectivity index (χ1) is 8.24. The third kappa shape index (κ3) is 2.72. The van der Waals surface area contributed by atoms with Crippen molar-refractivity contribution in [2.24, 2.45) is 0 Å². The number of halogens is 1. The molecule has 1 aromatic carbocycles. The van der Waals surface area contributed by atoms with Crippen LogP contribution >= 0.6 is 23.8 Å². The second-order valence-electron chi connectivity index (χ2n) is 4.27. The van der Waals surface area contributed by atoms with Gasteiger partial charge in [0.2, 0.25) is 0 Å². The minimum atomic E-state index is 0.280. The summed E-state index contributed by atoms with van der Waals surface area (Å²) in [7, 11) is 0. The summed E-state index contributed by atoms with van der Waals surface area (Å²) in [6, 6.07) is 8.30. The Bertz CT molecular complexity index is 408. The van der Waals surface area contributed by atoms with Crippen LogP contribution in [0.5, 0.6) is 0 Å². The average Bonchev–Trinajstić information content (AvgIpc) is 2.69. The fourth-order valence-corrected chi connectivity index (χ4v) is 2.71. The fraction of sp³-hybridized carbons (Fsp3) is 0.462. The Hall–Kier alpha value is -0.800. The van der Waals surface area contributed by atoms with Crippen molar-refractivity contribution in [3.63, 3.8) is 0 Å². The zero-order valence-corrected chi connectivity index (χ0v) is 11.5. The van der Waals surface area contributed by atoms with Crippen molar-refractivity contribution < 1.29 is 0 Å². The zero-order valence-electron chi connectivity index (χ0n) is 9.95. The van der Waals surface area contributed by atoms with Crippen LogP contribution in [0.4, 0.5) is 0 Å². The second kappa shape index (κ2) is 5.69. The quantitative estimate of drug-likeness (QED) is 0.843. The maximum absolute atomic E-state index is 6.25. The monoisotopic (exact) mass is 268 g/mol. The minimum Gasteiger partial charge on any atom is -0.360 e. The normalized spacial score (nSPS) is 19.5. The van der Waals surface area contributed by atoms with Gasteiger partial charge >= 0.3 is 0 Å². The van der Waals surface area contributed by atoms with Gasteiger partial charge in [-0.15, -0.1) is 0 Å². The SMILES string of the molecule is CCCCN1C(=S)NCC1c1ccccc1Cl. The van der Waals surface area contributed by atoms with Crippen molar-refractivity contribution in [3.8, 4) is 0 Å². The van der Waals surface area contributed by atoms with Crippen molar-refractivity contribution in [3.05, 3.63) is 34.9 Å². The van der Waals surface area contributed by atoms with Crippen LogP contribution in [-0.4, -0.2) is 23.1 Å². The van der Waals surface area contributed by atoms with E-state index in [1.165, 1.54) is 6.42 Å². The summed E-state index contributed by atoms with van der Waals surface area (Å²) in [6.07, 6.45) is 2.33. The number of nitrogens with one attached hydrogen (secondary N) is 1. The Labute approximate surface area is 113 Å². The summed E-state index contributed by atoms with van der Waals surface area (Å²) >= 11 is 11.6. The second-order valence-corrected chi connectivity index (χ2v) is 5.06. The molecule has 1 fully saturated rings. The molecule has 2 nitrogen and oxygen atoms in total. The molecule has 1 heterocycles. The Morgan fingerprint density at radius 2 is 2.24 bits per heavy atom. The molecule has 1 unspecified atom stereocenters. The van der Waals surface area contributed by atoms with Gasteiger partial charge in [-0.3, -0.25) is 0 Å². The molecule has 0 aliphatic carbocycles. The molecule has 1 aromatic rings. The summed E-state index contributed by atoms with van der Waals surface area (Å²) in [5, 5.41) is 4.93. The molecule has 1 aliphatic rings. The van der Waals surface area contributed by atoms with E-state index in [9.17, 15) is 0 Å². The highest BCUT2D eigenvalue weighted by molar-refractivity contribution is 7.80. The van der Waals surface area contributed by atoms with Gasteiger partial charge in [-0.2, -0.15) is 0 Å². The van der Waals surface area contributed by atoms with E-state index in [1.54, 1.807) is 0 Å². The van der Waals surface area contributed by atoms with Gasteiger partial charge in [0.15, 0.2) is 5.11 Å². The lowest BCUT2D eigenvalue weighted by molar-refractivity contribution is 0.353. The molecule has 0 aromatic heterocycles. The predicted octanol–water partition coefficient (Wildman–Crippen LogP) is 3.37. The van der Waals surface area contributed by atoms with E-state index < -0.39 is 0 Å². The number of unbranched alkanes of at least 4 members (excludes halogenated alkanes) is 1. The summed E-state index contributed by atoms with van der Waals surface area (Å²) in [5.41, 5.74) is 1.16. The Morgan fingerprint density at radius 3 is 2.94 bits per heavy atom. The van der Waals surface area contributed by atoms with Gasteiger partial charge in [0.05, 0.1) is 6.04 Å². The lowest BCUT2D eigenvalue weighted by Gasteiger charge is -2.25. The van der Waals surface area contributed by atoms with Gasteiger partial charge in [0, 0.05) is 18.1 Å². The van der Waals surface area contributed by atoms with Crippen LogP contribution in [0, 0.1) is 0 Å². The number of benzene rings is 1. The van der Waals surface area contributed by atoms with Crippen molar-refractivity contribution in [2.75, 3.05) is 13.1 Å². The van der Waals surface area contributed by atoms with Crippen LogP contribution in [0.25, 0.3) is 0 Å². The minimum absolute atomic E-state index is 0.280. The van der Waals surface area contributed by atoms with E-state index in [2.05, 4.69) is 23.2 Å². The topological polar surface area (TPSA) is 15.3 Å². The maximum Gasteiger partial charge on any atom is 0.169 e. The van der Waals surface area contributed by atoms with Crippen LogP contribution in [0.3, 0.4) is 0 Å². The fourth-order valence-electron chi connectivity index (χ4n) is 2.15. The molecule has 1 aliphatic heterocycles. The highest BCUT2D eigenvalue weighted by Gasteiger charge is 2.29. The molecule has 0 radical (unpaired) electrons. The smallest absolute Gasteiger partial charge is 0.169 e. The van der Waals surface area contributed by atoms with Crippen LogP contribution in [0.15, 0.2) is 24.3 Å². The standard InChI is InChI=1S/C13H17ClN2S/c1-2-3-8-16-12(9-15-13(16)17)10-6-4-5-7-11(10)14/h4-7,12H,2-3,8-9H2,1H3,(H,15,17). The van der Waals surface area contributed by atoms with E-state index in [0.29, 0.717) is 0 Å². The summed E-state index contributed by atoms with van der Waals surface area (Å²) in [6.45, 7) is 4.04. The lowest BCUT2D eigenvalue weighted by atomic mass is 10.1. The first-order valence-electron chi connectivity index (χ1n) is 6.03. The summed E-state index contributed by atoms with van der Waals surface area (Å²) in [5.74, 6) is 0. The molecule has 2 rings (SSSR count). The highest BCUT2D eigenvalue weighted by Crippen LogP contribution is 2.30. The van der Waals surface area contributed by atoms with E-state index in [-0.39, 0.29) is 6.04 Å². The van der Waals surface area contributed by atoms with Crippen LogP contribution in [0.2, 0.25) is 5.02 Å². The van der Waals surface area contributed by atoms with Gasteiger partial charge < -0.3 is 10.2 Å². The Morgan fingerprint density at radius 1 is 1.47 bits per heavy atom. The van der Waals surface area contributed by atoms with Gasteiger partial charge in [-0.05, 0) is 30.3 Å². The van der Waals surface area contributed by atoms with Crippen molar-refractivity contribution in [1.82, 2.24) is 10.2 Å². The molecular formula is C13H17ClN2S. The Kier molecular flexibility index (Phi) is 4.24. The van der Waals surface area contributed by atoms with Gasteiger partial charge in [0.25, 0.3) is 0 Å². The number of hydrogen-bond acceptors (Lipinski definition) is 1. The van der Waals surface area contributed by atoms with E-state index in [0.717, 1.165) is 35.2 Å². The molecule has 17 heavy (non-hydrogen) atoms. The van der Waals surface area contributed by atoms with Gasteiger partial charge in [-0.1, -0.05) is 43.1 Å². The molecule has 92 valence electrons. The number of thiocarbonyl (C=S) groups is 1. The predicted molar refractivity (Wildman–Crippen MR) is 76.4 cm³/mol.